The number of fused-ring (bicyclic) bond motifs is 2. The molecule has 0 fully saturated rings. The lowest BCUT2D eigenvalue weighted by Crippen LogP contribution is -2.29. The van der Waals surface area contributed by atoms with Crippen molar-refractivity contribution in [3.63, 3.8) is 0 Å². The number of benzene rings is 3. The van der Waals surface area contributed by atoms with Gasteiger partial charge in [0.2, 0.25) is 5.76 Å². The fraction of sp³-hybridized carbons (Fsp3) is 0.185. The minimum Gasteiger partial charge on any atom is -0.450 e. The second-order valence-corrected chi connectivity index (χ2v) is 9.89. The van der Waals surface area contributed by atoms with E-state index in [1.54, 1.807) is 29.2 Å². The lowest BCUT2D eigenvalue weighted by molar-refractivity contribution is 0.0714. The summed E-state index contributed by atoms with van der Waals surface area (Å²) < 4.78 is 6.79. The van der Waals surface area contributed by atoms with Crippen LogP contribution in [0.2, 0.25) is 5.02 Å². The van der Waals surface area contributed by atoms with Gasteiger partial charge in [-0.15, -0.1) is 0 Å². The van der Waals surface area contributed by atoms with E-state index in [4.69, 9.17) is 16.0 Å². The zero-order chi connectivity index (χ0) is 23.3. The number of rotatable bonds is 4. The Kier molecular flexibility index (Phi) is 5.63. The summed E-state index contributed by atoms with van der Waals surface area (Å²) in [6.45, 7) is 4.52. The van der Waals surface area contributed by atoms with Gasteiger partial charge in [0.1, 0.15) is 5.58 Å². The van der Waals surface area contributed by atoms with Gasteiger partial charge >= 0.3 is 0 Å². The van der Waals surface area contributed by atoms with Gasteiger partial charge in [-0.3, -0.25) is 9.59 Å². The molecule has 0 aliphatic carbocycles. The molecule has 3 aromatic carbocycles. The van der Waals surface area contributed by atoms with Crippen LogP contribution in [0.15, 0.2) is 80.4 Å². The van der Waals surface area contributed by atoms with Gasteiger partial charge in [0, 0.05) is 16.0 Å². The van der Waals surface area contributed by atoms with Gasteiger partial charge in [-0.25, -0.2) is 0 Å². The average Bonchev–Trinajstić information content (AvgIpc) is 3.08. The fourth-order valence-electron chi connectivity index (χ4n) is 4.38. The maximum atomic E-state index is 13.7. The van der Waals surface area contributed by atoms with Crippen LogP contribution in [0, 0.1) is 0 Å². The maximum Gasteiger partial charge on any atom is 0.291 e. The molecule has 1 aliphatic heterocycles. The molecule has 1 atom stereocenters. The van der Waals surface area contributed by atoms with Gasteiger partial charge in [0.05, 0.1) is 17.0 Å². The first-order chi connectivity index (χ1) is 15.8. The molecule has 166 valence electrons. The molecule has 0 saturated heterocycles. The van der Waals surface area contributed by atoms with Crippen molar-refractivity contribution in [2.45, 2.75) is 32.4 Å². The molecule has 1 aliphatic rings. The SMILES string of the molecule is CC(C)c1ccc(C2c3c(oc4ccc(Br)cc4c3=O)C(=O)N2Cc2ccccc2Cl)cc1. The van der Waals surface area contributed by atoms with Crippen molar-refractivity contribution in [2.75, 3.05) is 0 Å². The highest BCUT2D eigenvalue weighted by Crippen LogP contribution is 2.40. The molecule has 1 aromatic heterocycles. The third-order valence-corrected chi connectivity index (χ3v) is 7.01. The monoisotopic (exact) mass is 521 g/mol. The van der Waals surface area contributed by atoms with Gasteiger partial charge in [-0.2, -0.15) is 0 Å². The van der Waals surface area contributed by atoms with Crippen LogP contribution >= 0.6 is 27.5 Å². The largest absolute Gasteiger partial charge is 0.450 e. The molecule has 33 heavy (non-hydrogen) atoms. The standard InChI is InChI=1S/C27H21BrClNO3/c1-15(2)16-7-9-17(10-8-16)24-23-25(31)20-13-19(28)11-12-22(20)33-26(23)27(32)30(24)14-18-5-3-4-6-21(18)29/h3-13,15,24H,14H2,1-2H3. The Morgan fingerprint density at radius 1 is 1.03 bits per heavy atom. The van der Waals surface area contributed by atoms with E-state index in [0.29, 0.717) is 27.5 Å². The summed E-state index contributed by atoms with van der Waals surface area (Å²) in [6, 6.07) is 20.2. The molecule has 0 bridgehead atoms. The summed E-state index contributed by atoms with van der Waals surface area (Å²) in [6.07, 6.45) is 0. The molecule has 4 aromatic rings. The number of amides is 1. The number of carbonyl (C=O) groups excluding carboxylic acids is 1. The van der Waals surface area contributed by atoms with Gasteiger partial charge < -0.3 is 9.32 Å². The molecule has 1 unspecified atom stereocenters. The van der Waals surface area contributed by atoms with Crippen LogP contribution in [0.5, 0.6) is 0 Å². The van der Waals surface area contributed by atoms with Gasteiger partial charge in [0.15, 0.2) is 5.43 Å². The van der Waals surface area contributed by atoms with Gasteiger partial charge in [-0.05, 0) is 46.9 Å². The normalized spacial score (nSPS) is 15.5. The summed E-state index contributed by atoms with van der Waals surface area (Å²) in [4.78, 5) is 28.9. The second kappa shape index (κ2) is 8.47. The van der Waals surface area contributed by atoms with E-state index >= 15 is 0 Å². The Balaban J connectivity index is 1.72. The summed E-state index contributed by atoms with van der Waals surface area (Å²) >= 11 is 9.85. The lowest BCUT2D eigenvalue weighted by Gasteiger charge is -2.26. The second-order valence-electron chi connectivity index (χ2n) is 8.56. The number of hydrogen-bond donors (Lipinski definition) is 0. The molecule has 0 radical (unpaired) electrons. The number of hydrogen-bond acceptors (Lipinski definition) is 3. The zero-order valence-electron chi connectivity index (χ0n) is 18.1. The van der Waals surface area contributed by atoms with E-state index < -0.39 is 6.04 Å². The lowest BCUT2D eigenvalue weighted by atomic mass is 9.95. The predicted octanol–water partition coefficient (Wildman–Crippen LogP) is 7.08. The maximum absolute atomic E-state index is 13.7. The smallest absolute Gasteiger partial charge is 0.291 e. The van der Waals surface area contributed by atoms with Crippen molar-refractivity contribution in [3.8, 4) is 0 Å². The van der Waals surface area contributed by atoms with E-state index in [9.17, 15) is 9.59 Å². The summed E-state index contributed by atoms with van der Waals surface area (Å²) in [5.74, 6) is 0.159. The number of halogens is 2. The quantitative estimate of drug-likeness (QED) is 0.288. The molecule has 6 heteroatoms. The number of nitrogens with zero attached hydrogens (tertiary/aromatic N) is 1. The van der Waals surface area contributed by atoms with Crippen LogP contribution in [0.25, 0.3) is 11.0 Å². The Morgan fingerprint density at radius 2 is 1.76 bits per heavy atom. The predicted molar refractivity (Wildman–Crippen MR) is 134 cm³/mol. The van der Waals surface area contributed by atoms with Crippen molar-refractivity contribution in [2.24, 2.45) is 0 Å². The summed E-state index contributed by atoms with van der Waals surface area (Å²) in [7, 11) is 0. The molecular weight excluding hydrogens is 502 g/mol. The third kappa shape index (κ3) is 3.79. The van der Waals surface area contributed by atoms with Crippen LogP contribution in [0.1, 0.15) is 58.6 Å². The first-order valence-electron chi connectivity index (χ1n) is 10.8. The van der Waals surface area contributed by atoms with E-state index in [1.807, 2.05) is 30.3 Å². The highest BCUT2D eigenvalue weighted by Gasteiger charge is 2.42. The molecule has 1 amide bonds. The van der Waals surface area contributed by atoms with Crippen LogP contribution in [-0.2, 0) is 6.54 Å². The Hall–Kier alpha value is -2.89. The van der Waals surface area contributed by atoms with Crippen LogP contribution in [0.3, 0.4) is 0 Å². The first kappa shape index (κ1) is 21.9. The van der Waals surface area contributed by atoms with E-state index in [1.165, 1.54) is 5.56 Å². The Morgan fingerprint density at radius 3 is 2.45 bits per heavy atom. The van der Waals surface area contributed by atoms with E-state index in [0.717, 1.165) is 15.6 Å². The molecule has 0 saturated carbocycles. The van der Waals surface area contributed by atoms with Crippen molar-refractivity contribution >= 4 is 44.4 Å². The summed E-state index contributed by atoms with van der Waals surface area (Å²) in [5, 5.41) is 1.02. The first-order valence-corrected chi connectivity index (χ1v) is 11.9. The van der Waals surface area contributed by atoms with Gasteiger partial charge in [0.25, 0.3) is 5.91 Å². The van der Waals surface area contributed by atoms with E-state index in [2.05, 4.69) is 41.9 Å². The molecule has 2 heterocycles. The average molecular weight is 523 g/mol. The zero-order valence-corrected chi connectivity index (χ0v) is 20.5. The molecular formula is C27H21BrClNO3. The highest BCUT2D eigenvalue weighted by molar-refractivity contribution is 9.10. The van der Waals surface area contributed by atoms with Crippen molar-refractivity contribution < 1.29 is 9.21 Å². The summed E-state index contributed by atoms with van der Waals surface area (Å²) in [5.41, 5.74) is 3.43. The van der Waals surface area contributed by atoms with Crippen molar-refractivity contribution in [3.05, 3.63) is 114 Å². The minimum absolute atomic E-state index is 0.0970. The Bertz CT molecular complexity index is 1440. The molecule has 5 rings (SSSR count). The third-order valence-electron chi connectivity index (χ3n) is 6.15. The minimum atomic E-state index is -0.565. The van der Waals surface area contributed by atoms with Crippen molar-refractivity contribution in [1.82, 2.24) is 4.90 Å². The highest BCUT2D eigenvalue weighted by atomic mass is 79.9. The van der Waals surface area contributed by atoms with Crippen LogP contribution < -0.4 is 5.43 Å². The molecule has 4 nitrogen and oxygen atoms in total. The fourth-order valence-corrected chi connectivity index (χ4v) is 4.93. The number of carbonyl (C=O) groups is 1. The van der Waals surface area contributed by atoms with Gasteiger partial charge in [-0.1, -0.05) is 83.8 Å². The van der Waals surface area contributed by atoms with Crippen LogP contribution in [-0.4, -0.2) is 10.8 Å². The van der Waals surface area contributed by atoms with E-state index in [-0.39, 0.29) is 23.6 Å². The van der Waals surface area contributed by atoms with Crippen LogP contribution in [0.4, 0.5) is 0 Å². The topological polar surface area (TPSA) is 50.5 Å². The Labute approximate surface area is 204 Å². The molecule has 0 spiro atoms. The molecule has 0 N–H and O–H groups in total. The van der Waals surface area contributed by atoms with Crippen molar-refractivity contribution in [1.29, 1.82) is 0 Å².